The summed E-state index contributed by atoms with van der Waals surface area (Å²) < 4.78 is 43.1. The molecule has 0 spiro atoms. The molecule has 2 rings (SSSR count). The Bertz CT molecular complexity index is 743. The van der Waals surface area contributed by atoms with Crippen molar-refractivity contribution in [2.24, 2.45) is 11.7 Å². The average molecular weight is 327 g/mol. The zero-order valence-corrected chi connectivity index (χ0v) is 13.2. The van der Waals surface area contributed by atoms with E-state index in [1.54, 1.807) is 6.07 Å². The molecular weight excluding hydrogens is 309 g/mol. The van der Waals surface area contributed by atoms with Gasteiger partial charge in [0.1, 0.15) is 5.82 Å². The predicted octanol–water partition coefficient (Wildman–Crippen LogP) is 2.23. The molecule has 1 unspecified atom stereocenters. The molecule has 1 aromatic carbocycles. The van der Waals surface area contributed by atoms with Gasteiger partial charge in [-0.15, -0.1) is 5.10 Å². The standard InChI is InChI=1S/C14H18FN3O3S/c1-9(2)7-12(16)13-17-18-14(21-13)22(19,20)8-10-5-3-4-6-11(10)15/h3-6,9,12H,7-8,16H2,1-2H3. The lowest BCUT2D eigenvalue weighted by atomic mass is 10.1. The Labute approximate surface area is 128 Å². The molecule has 0 aliphatic heterocycles. The number of hydrogen-bond donors (Lipinski definition) is 1. The Morgan fingerprint density at radius 1 is 1.27 bits per heavy atom. The van der Waals surface area contributed by atoms with Gasteiger partial charge in [-0.25, -0.2) is 12.8 Å². The Morgan fingerprint density at radius 2 is 1.95 bits per heavy atom. The highest BCUT2D eigenvalue weighted by Gasteiger charge is 2.26. The normalized spacial score (nSPS) is 13.5. The molecule has 0 radical (unpaired) electrons. The third-order valence-electron chi connectivity index (χ3n) is 3.03. The first-order valence-electron chi connectivity index (χ1n) is 6.84. The van der Waals surface area contributed by atoms with Crippen molar-refractivity contribution >= 4 is 9.84 Å². The highest BCUT2D eigenvalue weighted by Crippen LogP contribution is 2.21. The number of aromatic nitrogens is 2. The van der Waals surface area contributed by atoms with Crippen molar-refractivity contribution in [3.63, 3.8) is 0 Å². The van der Waals surface area contributed by atoms with Crippen LogP contribution in [0, 0.1) is 11.7 Å². The van der Waals surface area contributed by atoms with Gasteiger partial charge in [-0.1, -0.05) is 37.1 Å². The number of sulfone groups is 1. The molecule has 1 aromatic heterocycles. The van der Waals surface area contributed by atoms with E-state index in [0.717, 1.165) is 0 Å². The first kappa shape index (κ1) is 16.6. The number of benzene rings is 1. The lowest BCUT2D eigenvalue weighted by Crippen LogP contribution is -2.13. The lowest BCUT2D eigenvalue weighted by molar-refractivity contribution is 0.352. The predicted molar refractivity (Wildman–Crippen MR) is 78.0 cm³/mol. The largest absolute Gasteiger partial charge is 0.411 e. The summed E-state index contributed by atoms with van der Waals surface area (Å²) >= 11 is 0. The topological polar surface area (TPSA) is 99.1 Å². The maximum Gasteiger partial charge on any atom is 0.335 e. The molecule has 2 aromatic rings. The summed E-state index contributed by atoms with van der Waals surface area (Å²) in [6.07, 6.45) is 0.592. The van der Waals surface area contributed by atoms with E-state index in [2.05, 4.69) is 10.2 Å². The lowest BCUT2D eigenvalue weighted by Gasteiger charge is -2.08. The maximum atomic E-state index is 13.6. The molecule has 8 heteroatoms. The molecule has 0 saturated heterocycles. The zero-order valence-electron chi connectivity index (χ0n) is 12.4. The maximum absolute atomic E-state index is 13.6. The average Bonchev–Trinajstić information content (AvgIpc) is 2.91. The van der Waals surface area contributed by atoms with E-state index in [4.69, 9.17) is 10.2 Å². The monoisotopic (exact) mass is 327 g/mol. The van der Waals surface area contributed by atoms with Crippen LogP contribution in [0.5, 0.6) is 0 Å². The Morgan fingerprint density at radius 3 is 2.59 bits per heavy atom. The van der Waals surface area contributed by atoms with Crippen molar-refractivity contribution in [2.45, 2.75) is 37.3 Å². The molecule has 1 heterocycles. The number of nitrogens with two attached hydrogens (primary N) is 1. The molecule has 0 aliphatic rings. The summed E-state index contributed by atoms with van der Waals surface area (Å²) in [7, 11) is -3.91. The third-order valence-corrected chi connectivity index (χ3v) is 4.42. The van der Waals surface area contributed by atoms with Gasteiger partial charge < -0.3 is 10.2 Å². The highest BCUT2D eigenvalue weighted by molar-refractivity contribution is 7.90. The van der Waals surface area contributed by atoms with Crippen molar-refractivity contribution in [1.82, 2.24) is 10.2 Å². The van der Waals surface area contributed by atoms with Crippen LogP contribution >= 0.6 is 0 Å². The smallest absolute Gasteiger partial charge is 0.335 e. The van der Waals surface area contributed by atoms with Crippen LogP contribution in [0.1, 0.15) is 37.8 Å². The van der Waals surface area contributed by atoms with Gasteiger partial charge in [-0.05, 0) is 18.4 Å². The Balaban J connectivity index is 2.20. The van der Waals surface area contributed by atoms with Crippen LogP contribution < -0.4 is 5.73 Å². The van der Waals surface area contributed by atoms with Crippen LogP contribution in [0.4, 0.5) is 4.39 Å². The third kappa shape index (κ3) is 3.89. The Hall–Kier alpha value is -1.80. The van der Waals surface area contributed by atoms with Gasteiger partial charge in [0.05, 0.1) is 11.8 Å². The molecule has 0 saturated carbocycles. The van der Waals surface area contributed by atoms with Crippen LogP contribution in [0.3, 0.4) is 0 Å². The number of hydrogen-bond acceptors (Lipinski definition) is 6. The minimum atomic E-state index is -3.91. The molecule has 6 nitrogen and oxygen atoms in total. The van der Waals surface area contributed by atoms with Crippen LogP contribution in [0.2, 0.25) is 0 Å². The van der Waals surface area contributed by atoms with Crippen LogP contribution in [-0.2, 0) is 15.6 Å². The summed E-state index contributed by atoms with van der Waals surface area (Å²) in [5.74, 6) is -0.760. The molecule has 0 bridgehead atoms. The van der Waals surface area contributed by atoms with E-state index in [-0.39, 0.29) is 11.5 Å². The van der Waals surface area contributed by atoms with Crippen molar-refractivity contribution < 1.29 is 17.2 Å². The molecule has 0 fully saturated rings. The molecule has 22 heavy (non-hydrogen) atoms. The SMILES string of the molecule is CC(C)CC(N)c1nnc(S(=O)(=O)Cc2ccccc2F)o1. The van der Waals surface area contributed by atoms with Crippen LogP contribution in [0.15, 0.2) is 33.9 Å². The number of halogens is 1. The number of nitrogens with zero attached hydrogens (tertiary/aromatic N) is 2. The van der Waals surface area contributed by atoms with Gasteiger partial charge in [-0.2, -0.15) is 0 Å². The summed E-state index contributed by atoms with van der Waals surface area (Å²) in [5.41, 5.74) is 5.93. The van der Waals surface area contributed by atoms with Gasteiger partial charge in [-0.3, -0.25) is 0 Å². The fourth-order valence-corrected chi connectivity index (χ4v) is 3.13. The van der Waals surface area contributed by atoms with E-state index in [9.17, 15) is 12.8 Å². The summed E-state index contributed by atoms with van der Waals surface area (Å²) in [6, 6.07) is 5.12. The quantitative estimate of drug-likeness (QED) is 0.873. The van der Waals surface area contributed by atoms with Crippen molar-refractivity contribution in [2.75, 3.05) is 0 Å². The molecule has 1 atom stereocenters. The molecule has 0 amide bonds. The van der Waals surface area contributed by atoms with Crippen molar-refractivity contribution in [1.29, 1.82) is 0 Å². The fourth-order valence-electron chi connectivity index (χ4n) is 1.99. The minimum Gasteiger partial charge on any atom is -0.411 e. The van der Waals surface area contributed by atoms with Crippen LogP contribution in [0.25, 0.3) is 0 Å². The first-order valence-corrected chi connectivity index (χ1v) is 8.50. The van der Waals surface area contributed by atoms with Gasteiger partial charge >= 0.3 is 5.22 Å². The molecule has 0 aliphatic carbocycles. The second-order valence-corrected chi connectivity index (χ2v) is 7.36. The molecular formula is C14H18FN3O3S. The number of rotatable bonds is 6. The van der Waals surface area contributed by atoms with Gasteiger partial charge in [0.2, 0.25) is 15.7 Å². The fraction of sp³-hybridized carbons (Fsp3) is 0.429. The van der Waals surface area contributed by atoms with E-state index in [1.165, 1.54) is 18.2 Å². The van der Waals surface area contributed by atoms with E-state index in [1.807, 2.05) is 13.8 Å². The van der Waals surface area contributed by atoms with E-state index < -0.39 is 32.7 Å². The van der Waals surface area contributed by atoms with Gasteiger partial charge in [0.25, 0.3) is 0 Å². The zero-order chi connectivity index (χ0) is 16.3. The van der Waals surface area contributed by atoms with Crippen LogP contribution in [-0.4, -0.2) is 18.6 Å². The summed E-state index contributed by atoms with van der Waals surface area (Å²) in [6.45, 7) is 3.96. The molecule has 120 valence electrons. The van der Waals surface area contributed by atoms with Crippen molar-refractivity contribution in [3.05, 3.63) is 41.5 Å². The van der Waals surface area contributed by atoms with E-state index in [0.29, 0.717) is 12.3 Å². The summed E-state index contributed by atoms with van der Waals surface area (Å²) in [5, 5.41) is 6.68. The Kier molecular flexibility index (Phi) is 4.92. The second kappa shape index (κ2) is 6.53. The highest BCUT2D eigenvalue weighted by atomic mass is 32.2. The van der Waals surface area contributed by atoms with Gasteiger partial charge in [0.15, 0.2) is 0 Å². The van der Waals surface area contributed by atoms with E-state index >= 15 is 0 Å². The molecule has 2 N–H and O–H groups in total. The second-order valence-electron chi connectivity index (χ2n) is 5.49. The van der Waals surface area contributed by atoms with Gasteiger partial charge in [0, 0.05) is 5.56 Å². The minimum absolute atomic E-state index is 0.0497. The first-order chi connectivity index (χ1) is 10.3. The van der Waals surface area contributed by atoms with Crippen molar-refractivity contribution in [3.8, 4) is 0 Å². The summed E-state index contributed by atoms with van der Waals surface area (Å²) in [4.78, 5) is 0.